The SMILES string of the molecule is CC(C)(NC(=O)CCc1ccccc1N)c1cn(-c2ccccc2)nn1. The molecule has 1 amide bonds. The van der Waals surface area contributed by atoms with E-state index < -0.39 is 5.54 Å². The summed E-state index contributed by atoms with van der Waals surface area (Å²) in [5.41, 5.74) is 8.63. The van der Waals surface area contributed by atoms with Crippen molar-refractivity contribution >= 4 is 11.6 Å². The fourth-order valence-corrected chi connectivity index (χ4v) is 2.74. The Morgan fingerprint density at radius 1 is 1.12 bits per heavy atom. The zero-order chi connectivity index (χ0) is 18.6. The van der Waals surface area contributed by atoms with Crippen LogP contribution in [0.1, 0.15) is 31.5 Å². The van der Waals surface area contributed by atoms with Crippen molar-refractivity contribution in [1.82, 2.24) is 20.3 Å². The van der Waals surface area contributed by atoms with Gasteiger partial charge in [0.25, 0.3) is 0 Å². The van der Waals surface area contributed by atoms with Gasteiger partial charge in [-0.05, 0) is 44.0 Å². The van der Waals surface area contributed by atoms with E-state index in [9.17, 15) is 4.79 Å². The Bertz CT molecular complexity index is 886. The minimum atomic E-state index is -0.619. The van der Waals surface area contributed by atoms with Gasteiger partial charge in [0.1, 0.15) is 5.69 Å². The highest BCUT2D eigenvalue weighted by molar-refractivity contribution is 5.77. The van der Waals surface area contributed by atoms with Crippen LogP contribution in [0.3, 0.4) is 0 Å². The molecule has 6 nitrogen and oxygen atoms in total. The monoisotopic (exact) mass is 349 g/mol. The first-order valence-electron chi connectivity index (χ1n) is 8.58. The van der Waals surface area contributed by atoms with E-state index in [1.165, 1.54) is 0 Å². The summed E-state index contributed by atoms with van der Waals surface area (Å²) in [5, 5.41) is 11.4. The number of hydrogen-bond donors (Lipinski definition) is 2. The van der Waals surface area contributed by atoms with Gasteiger partial charge in [-0.2, -0.15) is 0 Å². The third kappa shape index (κ3) is 4.08. The predicted molar refractivity (Wildman–Crippen MR) is 102 cm³/mol. The molecule has 0 fully saturated rings. The standard InChI is InChI=1S/C20H23N5O/c1-20(2,18-14-25(24-23-18)16-9-4-3-5-10-16)22-19(26)13-12-15-8-6-7-11-17(15)21/h3-11,14H,12-13,21H2,1-2H3,(H,22,26). The summed E-state index contributed by atoms with van der Waals surface area (Å²) in [6.45, 7) is 3.84. The topological polar surface area (TPSA) is 85.8 Å². The van der Waals surface area contributed by atoms with Crippen molar-refractivity contribution in [2.45, 2.75) is 32.2 Å². The van der Waals surface area contributed by atoms with E-state index >= 15 is 0 Å². The van der Waals surface area contributed by atoms with Crippen LogP contribution in [0.2, 0.25) is 0 Å². The first-order chi connectivity index (χ1) is 12.5. The number of nitrogens with two attached hydrogens (primary N) is 1. The number of anilines is 1. The van der Waals surface area contributed by atoms with Gasteiger partial charge >= 0.3 is 0 Å². The molecule has 2 aromatic carbocycles. The lowest BCUT2D eigenvalue weighted by Crippen LogP contribution is -2.41. The van der Waals surface area contributed by atoms with Crippen LogP contribution in [-0.2, 0) is 16.8 Å². The number of benzene rings is 2. The highest BCUT2D eigenvalue weighted by Crippen LogP contribution is 2.19. The fraction of sp³-hybridized carbons (Fsp3) is 0.250. The Kier molecular flexibility index (Phi) is 5.02. The number of para-hydroxylation sites is 2. The van der Waals surface area contributed by atoms with Crippen LogP contribution in [-0.4, -0.2) is 20.9 Å². The Morgan fingerprint density at radius 3 is 2.54 bits per heavy atom. The van der Waals surface area contributed by atoms with Crippen molar-refractivity contribution in [2.75, 3.05) is 5.73 Å². The maximum atomic E-state index is 12.4. The van der Waals surface area contributed by atoms with Crippen molar-refractivity contribution in [2.24, 2.45) is 0 Å². The number of aryl methyl sites for hydroxylation is 1. The average molecular weight is 349 g/mol. The number of nitrogens with zero attached hydrogens (tertiary/aromatic N) is 3. The summed E-state index contributed by atoms with van der Waals surface area (Å²) in [6.07, 6.45) is 2.81. The number of nitrogens with one attached hydrogen (secondary N) is 1. The van der Waals surface area contributed by atoms with Crippen LogP contribution in [0.15, 0.2) is 60.8 Å². The van der Waals surface area contributed by atoms with Crippen molar-refractivity contribution in [1.29, 1.82) is 0 Å². The molecule has 0 saturated carbocycles. The van der Waals surface area contributed by atoms with Crippen LogP contribution in [0, 0.1) is 0 Å². The second-order valence-electron chi connectivity index (χ2n) is 6.76. The first kappa shape index (κ1) is 17.7. The number of hydrogen-bond acceptors (Lipinski definition) is 4. The van der Waals surface area contributed by atoms with Gasteiger partial charge in [-0.1, -0.05) is 41.6 Å². The maximum absolute atomic E-state index is 12.4. The maximum Gasteiger partial charge on any atom is 0.221 e. The number of aromatic nitrogens is 3. The molecule has 0 atom stereocenters. The van der Waals surface area contributed by atoms with Gasteiger partial charge in [0.15, 0.2) is 0 Å². The summed E-state index contributed by atoms with van der Waals surface area (Å²) >= 11 is 0. The van der Waals surface area contributed by atoms with E-state index in [0.717, 1.165) is 11.3 Å². The van der Waals surface area contributed by atoms with E-state index in [-0.39, 0.29) is 5.91 Å². The van der Waals surface area contributed by atoms with Crippen LogP contribution < -0.4 is 11.1 Å². The summed E-state index contributed by atoms with van der Waals surface area (Å²) in [5.74, 6) is -0.0486. The first-order valence-corrected chi connectivity index (χ1v) is 8.58. The van der Waals surface area contributed by atoms with Crippen LogP contribution in [0.5, 0.6) is 0 Å². The molecule has 0 saturated heterocycles. The van der Waals surface area contributed by atoms with Crippen molar-refractivity contribution in [3.63, 3.8) is 0 Å². The normalized spacial score (nSPS) is 11.3. The largest absolute Gasteiger partial charge is 0.399 e. The molecule has 0 spiro atoms. The molecule has 3 N–H and O–H groups in total. The van der Waals surface area contributed by atoms with Crippen molar-refractivity contribution < 1.29 is 4.79 Å². The molecule has 3 aromatic rings. The smallest absolute Gasteiger partial charge is 0.221 e. The molecule has 134 valence electrons. The highest BCUT2D eigenvalue weighted by Gasteiger charge is 2.26. The van der Waals surface area contributed by atoms with Gasteiger partial charge in [0, 0.05) is 12.1 Å². The predicted octanol–water partition coefficient (Wildman–Crippen LogP) is 2.83. The third-order valence-corrected chi connectivity index (χ3v) is 4.28. The number of rotatable bonds is 6. The zero-order valence-corrected chi connectivity index (χ0v) is 15.0. The lowest BCUT2D eigenvalue weighted by atomic mass is 10.0. The van der Waals surface area contributed by atoms with E-state index in [1.807, 2.05) is 74.6 Å². The van der Waals surface area contributed by atoms with Crippen LogP contribution in [0.25, 0.3) is 5.69 Å². The average Bonchev–Trinajstić information content (AvgIpc) is 3.13. The Balaban J connectivity index is 1.64. The van der Waals surface area contributed by atoms with Crippen molar-refractivity contribution in [3.05, 3.63) is 72.1 Å². The molecule has 0 aliphatic carbocycles. The molecule has 6 heteroatoms. The highest BCUT2D eigenvalue weighted by atomic mass is 16.1. The summed E-state index contributed by atoms with van der Waals surface area (Å²) in [6, 6.07) is 17.3. The van der Waals surface area contributed by atoms with E-state index in [0.29, 0.717) is 24.2 Å². The lowest BCUT2D eigenvalue weighted by Gasteiger charge is -2.23. The number of carbonyl (C=O) groups is 1. The van der Waals surface area contributed by atoms with Gasteiger partial charge in [-0.15, -0.1) is 5.10 Å². The quantitative estimate of drug-likeness (QED) is 0.670. The molecule has 0 unspecified atom stereocenters. The fourth-order valence-electron chi connectivity index (χ4n) is 2.74. The molecule has 3 rings (SSSR count). The van der Waals surface area contributed by atoms with E-state index in [1.54, 1.807) is 4.68 Å². The zero-order valence-electron chi connectivity index (χ0n) is 15.0. The van der Waals surface area contributed by atoms with Gasteiger partial charge < -0.3 is 11.1 Å². The van der Waals surface area contributed by atoms with Gasteiger partial charge in [0.05, 0.1) is 17.4 Å². The van der Waals surface area contributed by atoms with Crippen LogP contribution in [0.4, 0.5) is 5.69 Å². The Morgan fingerprint density at radius 2 is 1.81 bits per heavy atom. The number of amides is 1. The second-order valence-corrected chi connectivity index (χ2v) is 6.76. The molecular weight excluding hydrogens is 326 g/mol. The lowest BCUT2D eigenvalue weighted by molar-refractivity contribution is -0.122. The molecule has 0 bridgehead atoms. The third-order valence-electron chi connectivity index (χ3n) is 4.28. The van der Waals surface area contributed by atoms with Crippen LogP contribution >= 0.6 is 0 Å². The second kappa shape index (κ2) is 7.39. The van der Waals surface area contributed by atoms with Gasteiger partial charge in [0.2, 0.25) is 5.91 Å². The van der Waals surface area contributed by atoms with E-state index in [2.05, 4.69) is 15.6 Å². The Hall–Kier alpha value is -3.15. The molecule has 0 aliphatic rings. The molecule has 1 heterocycles. The van der Waals surface area contributed by atoms with Crippen molar-refractivity contribution in [3.8, 4) is 5.69 Å². The molecule has 0 radical (unpaired) electrons. The van der Waals surface area contributed by atoms with E-state index in [4.69, 9.17) is 5.73 Å². The molecular formula is C20H23N5O. The molecule has 26 heavy (non-hydrogen) atoms. The minimum absolute atomic E-state index is 0.0486. The Labute approximate surface area is 153 Å². The summed E-state index contributed by atoms with van der Waals surface area (Å²) in [4.78, 5) is 12.4. The van der Waals surface area contributed by atoms with Gasteiger partial charge in [-0.25, -0.2) is 4.68 Å². The van der Waals surface area contributed by atoms with Gasteiger partial charge in [-0.3, -0.25) is 4.79 Å². The summed E-state index contributed by atoms with van der Waals surface area (Å²) in [7, 11) is 0. The number of carbonyl (C=O) groups excluding carboxylic acids is 1. The summed E-state index contributed by atoms with van der Waals surface area (Å²) < 4.78 is 1.70. The molecule has 0 aliphatic heterocycles. The minimum Gasteiger partial charge on any atom is -0.399 e. The number of nitrogen functional groups attached to an aromatic ring is 1. The molecule has 1 aromatic heterocycles.